The van der Waals surface area contributed by atoms with Crippen LogP contribution in [0.1, 0.15) is 38.6 Å². The van der Waals surface area contributed by atoms with Crippen molar-refractivity contribution >= 4 is 42.6 Å². The van der Waals surface area contributed by atoms with Crippen molar-refractivity contribution in [2.24, 2.45) is 5.92 Å². The Bertz CT molecular complexity index is 1360. The number of imidazole rings is 1. The summed E-state index contributed by atoms with van der Waals surface area (Å²) >= 11 is 6.08. The SMILES string of the molecule is COC(=O)NC(C(=O)N1CCCC1c1nc(-c2ccc3nc(Cl)ccc3c2)cn1COCC[Si](C)(C)C)C(C)C. The zero-order chi connectivity index (χ0) is 29.0. The van der Waals surface area contributed by atoms with Crippen LogP contribution in [0, 0.1) is 5.92 Å². The van der Waals surface area contributed by atoms with Crippen LogP contribution in [-0.2, 0) is 21.0 Å². The number of carbonyl (C=O) groups is 2. The van der Waals surface area contributed by atoms with Crippen LogP contribution in [0.2, 0.25) is 30.8 Å². The second-order valence-corrected chi connectivity index (χ2v) is 17.9. The van der Waals surface area contributed by atoms with Crippen molar-refractivity contribution in [1.29, 1.82) is 0 Å². The van der Waals surface area contributed by atoms with E-state index < -0.39 is 20.2 Å². The first kappa shape index (κ1) is 30.0. The molecule has 0 spiro atoms. The maximum atomic E-state index is 13.7. The molecule has 1 aromatic carbocycles. The summed E-state index contributed by atoms with van der Waals surface area (Å²) in [5.74, 6) is 0.545. The van der Waals surface area contributed by atoms with Gasteiger partial charge in [0.2, 0.25) is 5.91 Å². The summed E-state index contributed by atoms with van der Waals surface area (Å²) in [5.41, 5.74) is 2.56. The van der Waals surface area contributed by atoms with Crippen LogP contribution in [0.3, 0.4) is 0 Å². The normalized spacial score (nSPS) is 16.5. The van der Waals surface area contributed by atoms with E-state index in [0.717, 1.165) is 46.9 Å². The first-order chi connectivity index (χ1) is 19.0. The van der Waals surface area contributed by atoms with Gasteiger partial charge in [0, 0.05) is 38.4 Å². The minimum absolute atomic E-state index is 0.104. The van der Waals surface area contributed by atoms with Crippen LogP contribution >= 0.6 is 11.6 Å². The summed E-state index contributed by atoms with van der Waals surface area (Å²) in [7, 11) is 0.0582. The summed E-state index contributed by atoms with van der Waals surface area (Å²) in [6.45, 7) is 12.4. The topological polar surface area (TPSA) is 98.6 Å². The fourth-order valence-electron chi connectivity index (χ4n) is 4.92. The van der Waals surface area contributed by atoms with Crippen LogP contribution in [-0.4, -0.2) is 65.8 Å². The Hall–Kier alpha value is -2.95. The molecule has 1 saturated heterocycles. The molecule has 3 heterocycles. The van der Waals surface area contributed by atoms with Gasteiger partial charge in [-0.25, -0.2) is 14.8 Å². The Kier molecular flexibility index (Phi) is 9.53. The summed E-state index contributed by atoms with van der Waals surface area (Å²) in [6.07, 6.45) is 3.01. The summed E-state index contributed by atoms with van der Waals surface area (Å²) in [4.78, 5) is 37.0. The fourth-order valence-corrected chi connectivity index (χ4v) is 5.83. The van der Waals surface area contributed by atoms with Gasteiger partial charge in [-0.2, -0.15) is 0 Å². The van der Waals surface area contributed by atoms with Crippen molar-refractivity contribution in [1.82, 2.24) is 24.8 Å². The summed E-state index contributed by atoms with van der Waals surface area (Å²) < 4.78 is 12.9. The maximum absolute atomic E-state index is 13.7. The second-order valence-electron chi connectivity index (χ2n) is 11.9. The highest BCUT2D eigenvalue weighted by Gasteiger charge is 2.38. The number of carbonyl (C=O) groups excluding carboxylic acids is 2. The quantitative estimate of drug-likeness (QED) is 0.175. The second kappa shape index (κ2) is 12.7. The molecule has 1 N–H and O–H groups in total. The molecule has 0 bridgehead atoms. The Morgan fingerprint density at radius 2 is 1.95 bits per heavy atom. The van der Waals surface area contributed by atoms with Crippen LogP contribution in [0.5, 0.6) is 0 Å². The van der Waals surface area contributed by atoms with Crippen LogP contribution in [0.4, 0.5) is 4.79 Å². The number of pyridine rings is 1. The molecule has 4 rings (SSSR count). The van der Waals surface area contributed by atoms with E-state index in [2.05, 4.69) is 29.9 Å². The van der Waals surface area contributed by atoms with Crippen LogP contribution in [0.15, 0.2) is 36.5 Å². The van der Waals surface area contributed by atoms with Gasteiger partial charge in [-0.15, -0.1) is 0 Å². The minimum Gasteiger partial charge on any atom is -0.453 e. The molecule has 1 aliphatic heterocycles. The van der Waals surface area contributed by atoms with Gasteiger partial charge >= 0.3 is 6.09 Å². The standard InChI is InChI=1S/C29H40ClN5O4Si/c1-19(2)26(33-29(37)38-3)28(36)35-13-7-8-24(35)27-32-23(17-34(27)18-39-14-15-40(4,5)6)21-9-11-22-20(16-21)10-12-25(30)31-22/h9-12,16-17,19,24,26H,7-8,13-15,18H2,1-6H3,(H,33,37). The third kappa shape index (κ3) is 7.21. The Labute approximate surface area is 242 Å². The molecule has 0 saturated carbocycles. The van der Waals surface area contributed by atoms with Gasteiger partial charge in [0.05, 0.1) is 24.4 Å². The lowest BCUT2D eigenvalue weighted by Crippen LogP contribution is -2.51. The number of ether oxygens (including phenoxy) is 2. The van der Waals surface area contributed by atoms with E-state index in [9.17, 15) is 9.59 Å². The van der Waals surface area contributed by atoms with Crippen molar-refractivity contribution in [3.63, 3.8) is 0 Å². The number of amides is 2. The summed E-state index contributed by atoms with van der Waals surface area (Å²) in [5, 5.41) is 4.14. The molecule has 2 atom stereocenters. The monoisotopic (exact) mass is 585 g/mol. The van der Waals surface area contributed by atoms with Crippen molar-refractivity contribution in [3.8, 4) is 11.3 Å². The molecule has 3 aromatic rings. The van der Waals surface area contributed by atoms with Crippen LogP contribution in [0.25, 0.3) is 22.2 Å². The highest BCUT2D eigenvalue weighted by atomic mass is 35.5. The lowest BCUT2D eigenvalue weighted by Gasteiger charge is -2.30. The molecular formula is C29H40ClN5O4Si. The van der Waals surface area contributed by atoms with Crippen LogP contribution < -0.4 is 5.32 Å². The van der Waals surface area contributed by atoms with E-state index in [0.29, 0.717) is 25.0 Å². The molecule has 1 aliphatic rings. The van der Waals surface area contributed by atoms with Crippen molar-refractivity contribution < 1.29 is 19.1 Å². The molecule has 11 heteroatoms. The van der Waals surface area contributed by atoms with Gasteiger partial charge in [-0.3, -0.25) is 4.79 Å². The number of hydrogen-bond acceptors (Lipinski definition) is 6. The fraction of sp³-hybridized carbons (Fsp3) is 0.517. The van der Waals surface area contributed by atoms with Gasteiger partial charge in [0.25, 0.3) is 0 Å². The number of fused-ring (bicyclic) bond motifs is 1. The Balaban J connectivity index is 1.66. The molecule has 2 aromatic heterocycles. The smallest absolute Gasteiger partial charge is 0.407 e. The number of rotatable bonds is 10. The molecular weight excluding hydrogens is 546 g/mol. The first-order valence-electron chi connectivity index (χ1n) is 13.8. The first-order valence-corrected chi connectivity index (χ1v) is 17.9. The lowest BCUT2D eigenvalue weighted by molar-refractivity contribution is -0.135. The van der Waals surface area contributed by atoms with E-state index in [1.54, 1.807) is 6.07 Å². The zero-order valence-electron chi connectivity index (χ0n) is 24.2. The number of nitrogens with zero attached hydrogens (tertiary/aromatic N) is 4. The molecule has 1 fully saturated rings. The van der Waals surface area contributed by atoms with Gasteiger partial charge in [0.1, 0.15) is 23.8 Å². The predicted molar refractivity (Wildman–Crippen MR) is 160 cm³/mol. The number of aromatic nitrogens is 3. The molecule has 2 amide bonds. The number of likely N-dealkylation sites (tertiary alicyclic amines) is 1. The average molecular weight is 586 g/mol. The van der Waals surface area contributed by atoms with E-state index in [1.807, 2.05) is 53.8 Å². The molecule has 0 aliphatic carbocycles. The Morgan fingerprint density at radius 3 is 2.65 bits per heavy atom. The van der Waals surface area contributed by atoms with E-state index in [4.69, 9.17) is 26.1 Å². The number of benzene rings is 1. The van der Waals surface area contributed by atoms with E-state index >= 15 is 0 Å². The molecule has 9 nitrogen and oxygen atoms in total. The van der Waals surface area contributed by atoms with Gasteiger partial charge in [-0.1, -0.05) is 51.2 Å². The van der Waals surface area contributed by atoms with Gasteiger partial charge < -0.3 is 24.3 Å². The molecule has 0 radical (unpaired) electrons. The average Bonchev–Trinajstić information content (AvgIpc) is 3.55. The highest BCUT2D eigenvalue weighted by molar-refractivity contribution is 6.76. The molecule has 2 unspecified atom stereocenters. The third-order valence-corrected chi connectivity index (χ3v) is 9.13. The molecule has 216 valence electrons. The van der Waals surface area contributed by atoms with E-state index in [-0.39, 0.29) is 17.9 Å². The maximum Gasteiger partial charge on any atom is 0.407 e. The number of methoxy groups -OCH3 is 1. The Morgan fingerprint density at radius 1 is 1.18 bits per heavy atom. The number of hydrogen-bond donors (Lipinski definition) is 1. The number of halogens is 1. The largest absolute Gasteiger partial charge is 0.453 e. The predicted octanol–water partition coefficient (Wildman–Crippen LogP) is 6.11. The van der Waals surface area contributed by atoms with Crippen molar-refractivity contribution in [3.05, 3.63) is 47.5 Å². The van der Waals surface area contributed by atoms with Gasteiger partial charge in [0.15, 0.2) is 0 Å². The number of nitrogens with one attached hydrogen (secondary N) is 1. The minimum atomic E-state index is -1.24. The van der Waals surface area contributed by atoms with Gasteiger partial charge in [-0.05, 0) is 49.1 Å². The van der Waals surface area contributed by atoms with Crippen molar-refractivity contribution in [2.75, 3.05) is 20.3 Å². The lowest BCUT2D eigenvalue weighted by atomic mass is 10.0. The summed E-state index contributed by atoms with van der Waals surface area (Å²) in [6, 6.07) is 9.84. The number of alkyl carbamates (subject to hydrolysis) is 1. The highest BCUT2D eigenvalue weighted by Crippen LogP contribution is 2.35. The zero-order valence-corrected chi connectivity index (χ0v) is 26.0. The molecule has 40 heavy (non-hydrogen) atoms. The third-order valence-electron chi connectivity index (χ3n) is 7.21. The van der Waals surface area contributed by atoms with Crippen molar-refractivity contribution in [2.45, 2.75) is 71.2 Å². The van der Waals surface area contributed by atoms with E-state index in [1.165, 1.54) is 7.11 Å².